The summed E-state index contributed by atoms with van der Waals surface area (Å²) in [4.78, 5) is 25.9. The predicted octanol–water partition coefficient (Wildman–Crippen LogP) is 4.64. The van der Waals surface area contributed by atoms with Gasteiger partial charge in [0.25, 0.3) is 5.56 Å². The van der Waals surface area contributed by atoms with Gasteiger partial charge in [0.2, 0.25) is 0 Å². The number of hydrogen-bond donors (Lipinski definition) is 5. The number of nitrogens with zero attached hydrogens (tertiary/aromatic N) is 3. The van der Waals surface area contributed by atoms with E-state index in [-0.39, 0.29) is 24.0 Å². The van der Waals surface area contributed by atoms with Crippen LogP contribution in [0.1, 0.15) is 30.6 Å². The minimum Gasteiger partial charge on any atom is -0.494 e. The van der Waals surface area contributed by atoms with Crippen molar-refractivity contribution < 1.29 is 10.2 Å². The fraction of sp³-hybridized carbons (Fsp3) is 0.286. The molecule has 10 heteroatoms. The van der Waals surface area contributed by atoms with Crippen molar-refractivity contribution in [1.29, 1.82) is 0 Å². The topological polar surface area (TPSA) is 122 Å². The molecule has 0 aliphatic carbocycles. The van der Waals surface area contributed by atoms with Crippen LogP contribution in [-0.4, -0.2) is 61.3 Å². The van der Waals surface area contributed by atoms with E-state index in [9.17, 15) is 15.0 Å². The maximum Gasteiger partial charge on any atom is 0.261 e. The number of aromatic nitrogens is 4. The molecular weight excluding hydrogens is 504 g/mol. The van der Waals surface area contributed by atoms with Gasteiger partial charge in [0.1, 0.15) is 11.4 Å². The zero-order chi connectivity index (χ0) is 26.4. The summed E-state index contributed by atoms with van der Waals surface area (Å²) in [6.45, 7) is 2.18. The maximum atomic E-state index is 12.9. The molecule has 1 fully saturated rings. The van der Waals surface area contributed by atoms with Crippen LogP contribution in [0.15, 0.2) is 59.7 Å². The number of aromatic hydroxyl groups is 1. The Hall–Kier alpha value is -3.79. The zero-order valence-electron chi connectivity index (χ0n) is 20.9. The molecule has 9 nitrogen and oxygen atoms in total. The number of likely N-dealkylation sites (tertiary alicyclic amines) is 1. The lowest BCUT2D eigenvalue weighted by atomic mass is 10.1. The number of aromatic amines is 2. The van der Waals surface area contributed by atoms with Gasteiger partial charge in [0.05, 0.1) is 22.8 Å². The summed E-state index contributed by atoms with van der Waals surface area (Å²) < 4.78 is 1.98. The number of rotatable bonds is 6. The van der Waals surface area contributed by atoms with Crippen LogP contribution in [0.5, 0.6) is 5.88 Å². The molecule has 0 amide bonds. The van der Waals surface area contributed by atoms with E-state index in [0.29, 0.717) is 33.2 Å². The Morgan fingerprint density at radius 1 is 1.21 bits per heavy atom. The second-order valence-electron chi connectivity index (χ2n) is 9.98. The lowest BCUT2D eigenvalue weighted by Gasteiger charge is -2.30. The average molecular weight is 533 g/mol. The highest BCUT2D eigenvalue weighted by Crippen LogP contribution is 2.36. The first kappa shape index (κ1) is 24.5. The van der Waals surface area contributed by atoms with E-state index in [1.807, 2.05) is 22.9 Å². The number of piperidine rings is 1. The molecule has 196 valence electrons. The number of aliphatic hydroxyl groups excluding tert-OH is 1. The van der Waals surface area contributed by atoms with Gasteiger partial charge in [-0.25, -0.2) is 4.98 Å². The van der Waals surface area contributed by atoms with Gasteiger partial charge >= 0.3 is 0 Å². The zero-order valence-corrected chi connectivity index (χ0v) is 21.7. The van der Waals surface area contributed by atoms with Gasteiger partial charge < -0.3 is 35.0 Å². The van der Waals surface area contributed by atoms with Crippen molar-refractivity contribution in [3.05, 3.63) is 75.8 Å². The quantitative estimate of drug-likeness (QED) is 0.217. The third kappa shape index (κ3) is 4.53. The van der Waals surface area contributed by atoms with Crippen molar-refractivity contribution in [2.24, 2.45) is 0 Å². The van der Waals surface area contributed by atoms with Gasteiger partial charge in [0.15, 0.2) is 5.88 Å². The first-order valence-corrected chi connectivity index (χ1v) is 13.1. The Balaban J connectivity index is 1.31. The molecule has 0 spiro atoms. The van der Waals surface area contributed by atoms with Crippen LogP contribution in [-0.2, 0) is 0 Å². The number of halogens is 1. The Kier molecular flexibility index (Phi) is 6.35. The van der Waals surface area contributed by atoms with E-state index in [1.54, 1.807) is 36.5 Å². The molecule has 5 N–H and O–H groups in total. The molecule has 0 radical (unpaired) electrons. The van der Waals surface area contributed by atoms with Crippen molar-refractivity contribution in [2.45, 2.75) is 25.0 Å². The Bertz CT molecular complexity index is 1680. The van der Waals surface area contributed by atoms with Crippen LogP contribution < -0.4 is 10.9 Å². The minimum atomic E-state index is -0.818. The van der Waals surface area contributed by atoms with Crippen LogP contribution in [0.3, 0.4) is 0 Å². The van der Waals surface area contributed by atoms with Gasteiger partial charge in [-0.2, -0.15) is 0 Å². The number of benzene rings is 2. The molecule has 1 saturated heterocycles. The number of aliphatic hydroxyl groups is 1. The lowest BCUT2D eigenvalue weighted by Crippen LogP contribution is -2.31. The molecule has 6 rings (SSSR count). The molecular formula is C28H29ClN6O3. The summed E-state index contributed by atoms with van der Waals surface area (Å²) in [5.41, 5.74) is 2.66. The lowest BCUT2D eigenvalue weighted by molar-refractivity contribution is 0.191. The average Bonchev–Trinajstić information content (AvgIpc) is 3.46. The highest BCUT2D eigenvalue weighted by atomic mass is 35.5. The molecule has 4 heterocycles. The molecule has 38 heavy (non-hydrogen) atoms. The number of pyridine rings is 1. The van der Waals surface area contributed by atoms with Crippen LogP contribution >= 0.6 is 11.6 Å². The summed E-state index contributed by atoms with van der Waals surface area (Å²) in [5.74, 6) is 0.646. The van der Waals surface area contributed by atoms with E-state index in [1.165, 1.54) is 0 Å². The number of fused-ring (bicyclic) bond motifs is 2. The standard InChI is InChI=1S/C28H29ClN6O3/c1-34-9-6-19(7-10-34)35-15-17-12-22-23(13-20(17)28(35)38)33-26(32-22)25-21(5-8-30-27(25)37)31-14-24(36)16-3-2-4-18(29)11-16/h2-5,8,11-13,15,19,24,36,38H,6-7,9-10,14H2,1H3,(H,32,33)(H2,30,31,37)/t24-/m1/s1. The summed E-state index contributed by atoms with van der Waals surface area (Å²) in [6.07, 6.45) is 4.71. The van der Waals surface area contributed by atoms with Crippen molar-refractivity contribution in [3.63, 3.8) is 0 Å². The van der Waals surface area contributed by atoms with Crippen molar-refractivity contribution in [2.75, 3.05) is 32.0 Å². The van der Waals surface area contributed by atoms with Gasteiger partial charge in [-0.05, 0) is 68.9 Å². The van der Waals surface area contributed by atoms with Crippen molar-refractivity contribution in [3.8, 4) is 17.3 Å². The smallest absolute Gasteiger partial charge is 0.261 e. The number of anilines is 1. The van der Waals surface area contributed by atoms with Crippen LogP contribution in [0.4, 0.5) is 5.69 Å². The highest BCUT2D eigenvalue weighted by molar-refractivity contribution is 6.30. The fourth-order valence-corrected chi connectivity index (χ4v) is 5.49. The molecule has 3 aromatic heterocycles. The van der Waals surface area contributed by atoms with E-state index < -0.39 is 6.10 Å². The van der Waals surface area contributed by atoms with Crippen molar-refractivity contribution >= 4 is 39.1 Å². The van der Waals surface area contributed by atoms with E-state index in [2.05, 4.69) is 27.2 Å². The van der Waals surface area contributed by atoms with E-state index in [4.69, 9.17) is 16.6 Å². The normalized spacial score (nSPS) is 15.9. The van der Waals surface area contributed by atoms with E-state index >= 15 is 0 Å². The number of nitrogens with one attached hydrogen (secondary N) is 3. The molecule has 0 saturated carbocycles. The second kappa shape index (κ2) is 9.83. The molecule has 0 bridgehead atoms. The monoisotopic (exact) mass is 532 g/mol. The Labute approximate surface area is 223 Å². The van der Waals surface area contributed by atoms with Gasteiger partial charge in [0, 0.05) is 40.8 Å². The van der Waals surface area contributed by atoms with Gasteiger partial charge in [-0.1, -0.05) is 23.7 Å². The largest absolute Gasteiger partial charge is 0.494 e. The SMILES string of the molecule is CN1CCC(n2cc3cc4[nH]c(-c5c(NC[C@@H](O)c6cccc(Cl)c6)cc[nH]c5=O)nc4cc3c2O)CC1. The molecule has 1 aliphatic rings. The third-order valence-corrected chi connectivity index (χ3v) is 7.65. The molecule has 0 unspecified atom stereocenters. The predicted molar refractivity (Wildman–Crippen MR) is 150 cm³/mol. The second-order valence-corrected chi connectivity index (χ2v) is 10.4. The minimum absolute atomic E-state index is 0.176. The number of hydrogen-bond acceptors (Lipinski definition) is 6. The first-order valence-electron chi connectivity index (χ1n) is 12.7. The summed E-state index contributed by atoms with van der Waals surface area (Å²) >= 11 is 6.06. The van der Waals surface area contributed by atoms with Crippen LogP contribution in [0.25, 0.3) is 33.2 Å². The van der Waals surface area contributed by atoms with Gasteiger partial charge in [-0.3, -0.25) is 4.79 Å². The van der Waals surface area contributed by atoms with Crippen molar-refractivity contribution in [1.82, 2.24) is 24.4 Å². The molecule has 5 aromatic rings. The summed E-state index contributed by atoms with van der Waals surface area (Å²) in [6, 6.07) is 12.9. The van der Waals surface area contributed by atoms with Crippen LogP contribution in [0.2, 0.25) is 5.02 Å². The third-order valence-electron chi connectivity index (χ3n) is 7.42. The molecule has 1 atom stereocenters. The maximum absolute atomic E-state index is 12.9. The molecule has 1 aliphatic heterocycles. The molecule has 2 aromatic carbocycles. The fourth-order valence-electron chi connectivity index (χ4n) is 5.29. The summed E-state index contributed by atoms with van der Waals surface area (Å²) in [5, 5.41) is 27.0. The summed E-state index contributed by atoms with van der Waals surface area (Å²) in [7, 11) is 2.12. The first-order chi connectivity index (χ1) is 18.4. The van der Waals surface area contributed by atoms with E-state index in [0.717, 1.165) is 42.2 Å². The highest BCUT2D eigenvalue weighted by Gasteiger charge is 2.23. The van der Waals surface area contributed by atoms with Crippen LogP contribution in [0, 0.1) is 0 Å². The number of imidazole rings is 1. The number of H-pyrrole nitrogens is 2. The van der Waals surface area contributed by atoms with Gasteiger partial charge in [-0.15, -0.1) is 0 Å². The Morgan fingerprint density at radius 3 is 2.82 bits per heavy atom. The Morgan fingerprint density at radius 2 is 2.03 bits per heavy atom.